The van der Waals surface area contributed by atoms with Gasteiger partial charge in [0.15, 0.2) is 0 Å². The van der Waals surface area contributed by atoms with Crippen molar-refractivity contribution in [1.29, 1.82) is 4.78 Å². The maximum atomic E-state index is 11.3. The van der Waals surface area contributed by atoms with Gasteiger partial charge >= 0.3 is 0 Å². The van der Waals surface area contributed by atoms with Crippen LogP contribution in [0.25, 0.3) is 0 Å². The van der Waals surface area contributed by atoms with Gasteiger partial charge in [0.2, 0.25) is 0 Å². The molecule has 0 bridgehead atoms. The Morgan fingerprint density at radius 1 is 1.42 bits per heavy atom. The maximum absolute atomic E-state index is 11.3. The van der Waals surface area contributed by atoms with Crippen LogP contribution in [-0.2, 0) is 9.73 Å². The van der Waals surface area contributed by atoms with Crippen LogP contribution in [0.1, 0.15) is 13.8 Å². The van der Waals surface area contributed by atoms with E-state index in [2.05, 4.69) is 41.3 Å². The first-order chi connectivity index (χ1) is 5.31. The lowest BCUT2D eigenvalue weighted by molar-refractivity contribution is 0.229. The van der Waals surface area contributed by atoms with Gasteiger partial charge in [-0.2, -0.15) is 0 Å². The standard InChI is InChI=1S/C7H15IN2OS/c1-7(2,8)10-3-5-12(9,11)6-4-10/h9H,3-6H2,1-2H3. The third kappa shape index (κ3) is 2.85. The molecule has 1 aliphatic rings. The number of halogens is 1. The van der Waals surface area contributed by atoms with Crippen molar-refractivity contribution in [3.05, 3.63) is 0 Å². The molecule has 1 rings (SSSR count). The van der Waals surface area contributed by atoms with E-state index in [1.54, 1.807) is 0 Å². The molecule has 12 heavy (non-hydrogen) atoms. The van der Waals surface area contributed by atoms with Crippen LogP contribution in [0.4, 0.5) is 0 Å². The second-order valence-electron chi connectivity index (χ2n) is 3.62. The zero-order chi connectivity index (χ0) is 9.41. The molecule has 0 saturated carbocycles. The second kappa shape index (κ2) is 3.42. The molecule has 0 aromatic heterocycles. The molecular weight excluding hydrogens is 287 g/mol. The molecule has 0 radical (unpaired) electrons. The molecule has 0 aromatic rings. The number of rotatable bonds is 1. The van der Waals surface area contributed by atoms with E-state index in [0.29, 0.717) is 11.5 Å². The second-order valence-corrected chi connectivity index (χ2v) is 8.70. The first-order valence-corrected chi connectivity index (χ1v) is 6.97. The first-order valence-electron chi connectivity index (χ1n) is 3.99. The fourth-order valence-corrected chi connectivity index (χ4v) is 2.98. The molecule has 3 nitrogen and oxygen atoms in total. The zero-order valence-corrected chi connectivity index (χ0v) is 10.4. The fourth-order valence-electron chi connectivity index (χ4n) is 1.26. The third-order valence-corrected chi connectivity index (χ3v) is 4.50. The van der Waals surface area contributed by atoms with Gasteiger partial charge in [0.05, 0.1) is 3.55 Å². The molecule has 0 unspecified atom stereocenters. The molecule has 5 heteroatoms. The molecular formula is C7H15IN2OS. The van der Waals surface area contributed by atoms with Gasteiger partial charge in [-0.25, -0.2) is 4.21 Å². The smallest absolute Gasteiger partial charge is 0.0673 e. The third-order valence-electron chi connectivity index (χ3n) is 2.13. The van der Waals surface area contributed by atoms with Crippen LogP contribution < -0.4 is 0 Å². The van der Waals surface area contributed by atoms with E-state index in [1.165, 1.54) is 0 Å². The number of hydrogen-bond donors (Lipinski definition) is 1. The van der Waals surface area contributed by atoms with E-state index in [0.717, 1.165) is 13.1 Å². The van der Waals surface area contributed by atoms with Gasteiger partial charge in [0.1, 0.15) is 0 Å². The van der Waals surface area contributed by atoms with Crippen LogP contribution in [0.2, 0.25) is 0 Å². The summed E-state index contributed by atoms with van der Waals surface area (Å²) in [7, 11) is -2.22. The summed E-state index contributed by atoms with van der Waals surface area (Å²) in [5.74, 6) is 1.08. The monoisotopic (exact) mass is 302 g/mol. The maximum Gasteiger partial charge on any atom is 0.0673 e. The summed E-state index contributed by atoms with van der Waals surface area (Å²) < 4.78 is 18.9. The van der Waals surface area contributed by atoms with E-state index in [-0.39, 0.29) is 3.55 Å². The normalized spacial score (nSPS) is 25.6. The first kappa shape index (κ1) is 10.7. The van der Waals surface area contributed by atoms with Gasteiger partial charge in [-0.1, -0.05) is 22.6 Å². The van der Waals surface area contributed by atoms with Crippen molar-refractivity contribution in [3.8, 4) is 0 Å². The summed E-state index contributed by atoms with van der Waals surface area (Å²) in [5.41, 5.74) is 0. The Labute approximate surface area is 88.0 Å². The summed E-state index contributed by atoms with van der Waals surface area (Å²) in [6.07, 6.45) is 0. The molecule has 0 aromatic carbocycles. The molecule has 1 heterocycles. The highest BCUT2D eigenvalue weighted by molar-refractivity contribution is 14.1. The van der Waals surface area contributed by atoms with E-state index < -0.39 is 9.73 Å². The van der Waals surface area contributed by atoms with Gasteiger partial charge in [0.25, 0.3) is 0 Å². The highest BCUT2D eigenvalue weighted by Gasteiger charge is 2.28. The zero-order valence-electron chi connectivity index (χ0n) is 7.47. The SMILES string of the molecule is CC(C)(I)N1CCS(=N)(=O)CC1. The quantitative estimate of drug-likeness (QED) is 0.453. The van der Waals surface area contributed by atoms with Gasteiger partial charge in [-0.05, 0) is 13.8 Å². The molecule has 1 aliphatic heterocycles. The largest absolute Gasteiger partial charge is 0.288 e. The number of hydrogen-bond acceptors (Lipinski definition) is 3. The van der Waals surface area contributed by atoms with Crippen LogP contribution in [0.5, 0.6) is 0 Å². The number of alkyl halides is 1. The van der Waals surface area contributed by atoms with Gasteiger partial charge in [-0.3, -0.25) is 9.68 Å². The predicted octanol–water partition coefficient (Wildman–Crippen LogP) is 1.52. The minimum Gasteiger partial charge on any atom is -0.288 e. The summed E-state index contributed by atoms with van der Waals surface area (Å²) in [4.78, 5) is 2.28. The van der Waals surface area contributed by atoms with Crippen molar-refractivity contribution < 1.29 is 4.21 Å². The minimum absolute atomic E-state index is 0.133. The molecule has 0 atom stereocenters. The van der Waals surface area contributed by atoms with Gasteiger partial charge in [-0.15, -0.1) is 0 Å². The molecule has 1 N–H and O–H groups in total. The Morgan fingerprint density at radius 2 is 1.83 bits per heavy atom. The summed E-state index contributed by atoms with van der Waals surface area (Å²) >= 11 is 2.38. The van der Waals surface area contributed by atoms with Crippen molar-refractivity contribution in [2.45, 2.75) is 17.4 Å². The molecule has 0 spiro atoms. The van der Waals surface area contributed by atoms with E-state index >= 15 is 0 Å². The van der Waals surface area contributed by atoms with Gasteiger partial charge < -0.3 is 0 Å². The Hall–Kier alpha value is 0.640. The lowest BCUT2D eigenvalue weighted by Crippen LogP contribution is -2.48. The Bertz CT molecular complexity index is 241. The van der Waals surface area contributed by atoms with Crippen LogP contribution >= 0.6 is 22.6 Å². The summed E-state index contributed by atoms with van der Waals surface area (Å²) in [6, 6.07) is 0. The molecule has 0 aliphatic carbocycles. The van der Waals surface area contributed by atoms with Crippen LogP contribution in [0.3, 0.4) is 0 Å². The van der Waals surface area contributed by atoms with Crippen molar-refractivity contribution >= 4 is 32.3 Å². The van der Waals surface area contributed by atoms with Crippen molar-refractivity contribution in [2.24, 2.45) is 0 Å². The molecule has 1 fully saturated rings. The Balaban J connectivity index is 2.58. The van der Waals surface area contributed by atoms with E-state index in [4.69, 9.17) is 4.78 Å². The Morgan fingerprint density at radius 3 is 2.17 bits per heavy atom. The molecule has 1 saturated heterocycles. The van der Waals surface area contributed by atoms with Crippen molar-refractivity contribution in [3.63, 3.8) is 0 Å². The van der Waals surface area contributed by atoms with Crippen LogP contribution in [-0.4, -0.2) is 37.2 Å². The fraction of sp³-hybridized carbons (Fsp3) is 1.00. The topological polar surface area (TPSA) is 44.2 Å². The van der Waals surface area contributed by atoms with Crippen molar-refractivity contribution in [2.75, 3.05) is 24.6 Å². The summed E-state index contributed by atoms with van der Waals surface area (Å²) in [5, 5.41) is 0. The summed E-state index contributed by atoms with van der Waals surface area (Å²) in [6.45, 7) is 5.89. The van der Waals surface area contributed by atoms with Gasteiger partial charge in [0, 0.05) is 34.3 Å². The lowest BCUT2D eigenvalue weighted by atomic mass is 10.3. The van der Waals surface area contributed by atoms with Crippen molar-refractivity contribution in [1.82, 2.24) is 4.90 Å². The number of nitrogens with one attached hydrogen (secondary N) is 1. The van der Waals surface area contributed by atoms with E-state index in [1.807, 2.05) is 0 Å². The average molecular weight is 302 g/mol. The highest BCUT2D eigenvalue weighted by Crippen LogP contribution is 2.24. The number of nitrogens with zero attached hydrogens (tertiary/aromatic N) is 1. The average Bonchev–Trinajstić information content (AvgIpc) is 1.83. The highest BCUT2D eigenvalue weighted by atomic mass is 127. The lowest BCUT2D eigenvalue weighted by Gasteiger charge is -2.37. The predicted molar refractivity (Wildman–Crippen MR) is 60.3 cm³/mol. The van der Waals surface area contributed by atoms with Crippen LogP contribution in [0, 0.1) is 4.78 Å². The Kier molecular flexibility index (Phi) is 3.05. The molecule has 0 amide bonds. The van der Waals surface area contributed by atoms with Crippen LogP contribution in [0.15, 0.2) is 0 Å². The molecule has 72 valence electrons. The van der Waals surface area contributed by atoms with E-state index in [9.17, 15) is 4.21 Å². The minimum atomic E-state index is -2.22.